The second-order valence-electron chi connectivity index (χ2n) is 7.43. The first-order chi connectivity index (χ1) is 16.8. The van der Waals surface area contributed by atoms with Gasteiger partial charge in [0.05, 0.1) is 11.3 Å². The van der Waals surface area contributed by atoms with Crippen molar-refractivity contribution in [2.75, 3.05) is 16.0 Å². The Labute approximate surface area is 198 Å². The lowest BCUT2D eigenvalue weighted by atomic mass is 10.1. The summed E-state index contributed by atoms with van der Waals surface area (Å²) in [5.41, 5.74) is 2.29. The van der Waals surface area contributed by atoms with Gasteiger partial charge in [0, 0.05) is 41.8 Å². The maximum Gasteiger partial charge on any atom is 0.258 e. The fourth-order valence-corrected chi connectivity index (χ4v) is 3.21. The number of carbonyl (C=O) groups is 2. The van der Waals surface area contributed by atoms with Crippen LogP contribution < -0.4 is 16.0 Å². The highest BCUT2D eigenvalue weighted by Crippen LogP contribution is 2.23. The van der Waals surface area contributed by atoms with Gasteiger partial charge in [0.2, 0.25) is 11.9 Å². The minimum absolute atomic E-state index is 0.167. The van der Waals surface area contributed by atoms with Gasteiger partial charge >= 0.3 is 0 Å². The zero-order valence-electron chi connectivity index (χ0n) is 18.3. The lowest BCUT2D eigenvalue weighted by molar-refractivity contribution is -0.114. The van der Waals surface area contributed by atoms with E-state index in [0.717, 1.165) is 5.56 Å². The summed E-state index contributed by atoms with van der Waals surface area (Å²) in [6.07, 6.45) is 1.57. The van der Waals surface area contributed by atoms with Crippen LogP contribution >= 0.6 is 0 Å². The Morgan fingerprint density at radius 2 is 1.49 bits per heavy atom. The van der Waals surface area contributed by atoms with Crippen LogP contribution in [0.15, 0.2) is 72.9 Å². The highest BCUT2D eigenvalue weighted by molar-refractivity contribution is 6.04. The summed E-state index contributed by atoms with van der Waals surface area (Å²) in [5, 5.41) is 8.16. The van der Waals surface area contributed by atoms with Crippen LogP contribution in [-0.2, 0) is 4.79 Å². The summed E-state index contributed by atoms with van der Waals surface area (Å²) in [5.74, 6) is -4.70. The first kappa shape index (κ1) is 23.4. The molecule has 176 valence electrons. The van der Waals surface area contributed by atoms with E-state index >= 15 is 0 Å². The Bertz CT molecular complexity index is 1410. The molecule has 0 aliphatic carbocycles. The monoisotopic (exact) mass is 477 g/mol. The van der Waals surface area contributed by atoms with Crippen molar-refractivity contribution in [2.45, 2.75) is 6.92 Å². The Morgan fingerprint density at radius 1 is 0.771 bits per heavy atom. The van der Waals surface area contributed by atoms with Gasteiger partial charge in [-0.05, 0) is 42.5 Å². The molecule has 4 rings (SSSR count). The number of amides is 2. The summed E-state index contributed by atoms with van der Waals surface area (Å²) >= 11 is 0. The van der Waals surface area contributed by atoms with Gasteiger partial charge in [-0.15, -0.1) is 0 Å². The van der Waals surface area contributed by atoms with Crippen molar-refractivity contribution in [1.82, 2.24) is 9.97 Å². The Balaban J connectivity index is 1.49. The molecular weight excluding hydrogens is 459 g/mol. The summed E-state index contributed by atoms with van der Waals surface area (Å²) in [7, 11) is 0. The number of hydrogen-bond donors (Lipinski definition) is 3. The van der Waals surface area contributed by atoms with E-state index in [-0.39, 0.29) is 17.5 Å². The van der Waals surface area contributed by atoms with Crippen molar-refractivity contribution < 1.29 is 22.8 Å². The zero-order chi connectivity index (χ0) is 24.9. The molecule has 0 saturated heterocycles. The molecule has 3 N–H and O–H groups in total. The van der Waals surface area contributed by atoms with Crippen LogP contribution in [0.5, 0.6) is 0 Å². The molecule has 1 aromatic heterocycles. The maximum atomic E-state index is 13.9. The van der Waals surface area contributed by atoms with Crippen molar-refractivity contribution in [3.63, 3.8) is 0 Å². The van der Waals surface area contributed by atoms with Crippen molar-refractivity contribution in [1.29, 1.82) is 0 Å². The van der Waals surface area contributed by atoms with Gasteiger partial charge in [0.15, 0.2) is 11.6 Å². The highest BCUT2D eigenvalue weighted by atomic mass is 19.2. The third kappa shape index (κ3) is 5.80. The van der Waals surface area contributed by atoms with E-state index in [1.165, 1.54) is 6.92 Å². The van der Waals surface area contributed by atoms with E-state index in [0.29, 0.717) is 29.2 Å². The van der Waals surface area contributed by atoms with Crippen LogP contribution in [0.25, 0.3) is 11.3 Å². The van der Waals surface area contributed by atoms with Crippen molar-refractivity contribution in [3.05, 3.63) is 95.9 Å². The van der Waals surface area contributed by atoms with Crippen molar-refractivity contribution in [3.8, 4) is 11.3 Å². The molecule has 0 saturated carbocycles. The Hall–Kier alpha value is -4.73. The van der Waals surface area contributed by atoms with E-state index in [9.17, 15) is 22.8 Å². The van der Waals surface area contributed by atoms with Gasteiger partial charge in [0.25, 0.3) is 5.91 Å². The van der Waals surface area contributed by atoms with Gasteiger partial charge in [-0.25, -0.2) is 23.1 Å². The zero-order valence-corrected chi connectivity index (χ0v) is 18.3. The minimum atomic E-state index is -1.38. The fraction of sp³-hybridized carbons (Fsp3) is 0.0400. The lowest BCUT2D eigenvalue weighted by Crippen LogP contribution is -2.14. The Morgan fingerprint density at radius 3 is 2.23 bits per heavy atom. The molecule has 3 aromatic carbocycles. The summed E-state index contributed by atoms with van der Waals surface area (Å²) in [6.45, 7) is 1.43. The molecule has 35 heavy (non-hydrogen) atoms. The molecule has 0 aliphatic rings. The summed E-state index contributed by atoms with van der Waals surface area (Å²) in [6, 6.07) is 16.1. The molecular formula is C25H18F3N5O2. The van der Waals surface area contributed by atoms with Gasteiger partial charge in [0.1, 0.15) is 5.82 Å². The summed E-state index contributed by atoms with van der Waals surface area (Å²) in [4.78, 5) is 32.2. The van der Waals surface area contributed by atoms with E-state index < -0.39 is 28.9 Å². The predicted octanol–water partition coefficient (Wildman–Crippen LogP) is 5.52. The number of carbonyl (C=O) groups excluding carboxylic acids is 2. The van der Waals surface area contributed by atoms with Crippen LogP contribution in [0.1, 0.15) is 17.3 Å². The molecule has 4 aromatic rings. The molecule has 0 aliphatic heterocycles. The number of aromatic nitrogens is 2. The molecule has 10 heteroatoms. The molecule has 0 unspecified atom stereocenters. The van der Waals surface area contributed by atoms with Crippen molar-refractivity contribution >= 4 is 34.8 Å². The maximum absolute atomic E-state index is 13.9. The van der Waals surface area contributed by atoms with E-state index in [1.54, 1.807) is 48.7 Å². The minimum Gasteiger partial charge on any atom is -0.326 e. The topological polar surface area (TPSA) is 96.0 Å². The first-order valence-electron chi connectivity index (χ1n) is 10.3. The average molecular weight is 477 g/mol. The van der Waals surface area contributed by atoms with Crippen LogP contribution in [0.2, 0.25) is 0 Å². The molecule has 7 nitrogen and oxygen atoms in total. The van der Waals surface area contributed by atoms with Crippen molar-refractivity contribution in [2.24, 2.45) is 0 Å². The first-order valence-corrected chi connectivity index (χ1v) is 10.3. The van der Waals surface area contributed by atoms with Crippen LogP contribution in [0, 0.1) is 17.5 Å². The largest absolute Gasteiger partial charge is 0.326 e. The molecule has 0 fully saturated rings. The van der Waals surface area contributed by atoms with E-state index in [1.807, 2.05) is 12.1 Å². The van der Waals surface area contributed by atoms with E-state index in [4.69, 9.17) is 0 Å². The fourth-order valence-electron chi connectivity index (χ4n) is 3.21. The van der Waals surface area contributed by atoms with E-state index in [2.05, 4.69) is 25.9 Å². The molecule has 0 radical (unpaired) electrons. The normalized spacial score (nSPS) is 10.5. The Kier molecular flexibility index (Phi) is 6.72. The number of nitrogens with zero attached hydrogens (tertiary/aromatic N) is 2. The lowest BCUT2D eigenvalue weighted by Gasteiger charge is -2.10. The summed E-state index contributed by atoms with van der Waals surface area (Å²) < 4.78 is 40.4. The predicted molar refractivity (Wildman–Crippen MR) is 126 cm³/mol. The molecule has 1 heterocycles. The smallest absolute Gasteiger partial charge is 0.258 e. The molecule has 2 amide bonds. The quantitative estimate of drug-likeness (QED) is 0.318. The van der Waals surface area contributed by atoms with Gasteiger partial charge in [-0.3, -0.25) is 9.59 Å². The highest BCUT2D eigenvalue weighted by Gasteiger charge is 2.16. The second-order valence-corrected chi connectivity index (χ2v) is 7.43. The average Bonchev–Trinajstić information content (AvgIpc) is 2.82. The van der Waals surface area contributed by atoms with Gasteiger partial charge in [-0.1, -0.05) is 18.2 Å². The number of benzene rings is 3. The number of nitrogens with one attached hydrogen (secondary N) is 3. The van der Waals surface area contributed by atoms with Crippen LogP contribution in [0.3, 0.4) is 0 Å². The molecule has 0 atom stereocenters. The number of rotatable bonds is 6. The third-order valence-electron chi connectivity index (χ3n) is 4.79. The standard InChI is InChI=1S/C25H18F3N5O2/c1-14(34)30-16-7-5-15(6-8-16)23-9-10-29-25(33-23)32-18-4-2-3-17(11-18)31-24(35)19-12-21(27)22(28)13-20(19)26/h2-13H,1H3,(H,30,34)(H,31,35)(H,29,32,33). The van der Waals surface area contributed by atoms with Gasteiger partial charge < -0.3 is 16.0 Å². The SMILES string of the molecule is CC(=O)Nc1ccc(-c2ccnc(Nc3cccc(NC(=O)c4cc(F)c(F)cc4F)c3)n2)cc1. The van der Waals surface area contributed by atoms with Crippen LogP contribution in [0.4, 0.5) is 36.2 Å². The number of anilines is 4. The molecule has 0 spiro atoms. The number of hydrogen-bond acceptors (Lipinski definition) is 5. The third-order valence-corrected chi connectivity index (χ3v) is 4.79. The number of halogens is 3. The second kappa shape index (κ2) is 10.0. The molecule has 0 bridgehead atoms. The van der Waals surface area contributed by atoms with Gasteiger partial charge in [-0.2, -0.15) is 0 Å². The van der Waals surface area contributed by atoms with Crippen LogP contribution in [-0.4, -0.2) is 21.8 Å².